The molecule has 4 N–H and O–H groups in total. The second-order valence-electron chi connectivity index (χ2n) is 8.20. The van der Waals surface area contributed by atoms with E-state index in [2.05, 4.69) is 20.6 Å². The maximum atomic E-state index is 12.1. The average Bonchev–Trinajstić information content (AvgIpc) is 3.45. The molecule has 2 heterocycles. The summed E-state index contributed by atoms with van der Waals surface area (Å²) in [4.78, 5) is 54.6. The summed E-state index contributed by atoms with van der Waals surface area (Å²) >= 11 is 2.60. The minimum absolute atomic E-state index is 0.00854. The van der Waals surface area contributed by atoms with Crippen LogP contribution in [0.5, 0.6) is 0 Å². The number of carbonyl (C=O) groups excluding carboxylic acids is 2. The van der Waals surface area contributed by atoms with Crippen molar-refractivity contribution >= 4 is 56.7 Å². The highest BCUT2D eigenvalue weighted by atomic mass is 32.1. The van der Waals surface area contributed by atoms with Crippen LogP contribution in [0, 0.1) is 27.7 Å². The number of benzene rings is 2. The standard InChI is InChI=1S/2C13H12N2O3S/c1-7-3-4-9(12(17)18)10(5-7)11(16)15-13-14-8(2)6-19-13;1-7-3-4-9(10(5-7)12(17)18)11(16)15-13-14-8(2)6-19-13/h2*3-6H,1-2H3,(H,17,18)(H,14,15,16). The van der Waals surface area contributed by atoms with Crippen LogP contribution < -0.4 is 10.6 Å². The molecule has 0 saturated heterocycles. The lowest BCUT2D eigenvalue weighted by molar-refractivity contribution is 0.0683. The van der Waals surface area contributed by atoms with E-state index < -0.39 is 23.8 Å². The van der Waals surface area contributed by atoms with Gasteiger partial charge < -0.3 is 10.2 Å². The lowest BCUT2D eigenvalue weighted by Crippen LogP contribution is -2.16. The number of hydrogen-bond acceptors (Lipinski definition) is 8. The fraction of sp³-hybridized carbons (Fsp3) is 0.154. The van der Waals surface area contributed by atoms with Gasteiger partial charge in [-0.25, -0.2) is 19.6 Å². The monoisotopic (exact) mass is 552 g/mol. The van der Waals surface area contributed by atoms with Crippen molar-refractivity contribution in [2.75, 3.05) is 10.6 Å². The molecule has 10 nitrogen and oxygen atoms in total. The average molecular weight is 553 g/mol. The van der Waals surface area contributed by atoms with Crippen LogP contribution in [0.25, 0.3) is 0 Å². The number of aryl methyl sites for hydroxylation is 4. The van der Waals surface area contributed by atoms with E-state index in [-0.39, 0.29) is 22.3 Å². The molecule has 2 aromatic heterocycles. The second-order valence-corrected chi connectivity index (χ2v) is 9.92. The van der Waals surface area contributed by atoms with Crippen molar-refractivity contribution in [1.29, 1.82) is 0 Å². The summed E-state index contributed by atoms with van der Waals surface area (Å²) in [5.41, 5.74) is 3.48. The van der Waals surface area contributed by atoms with E-state index in [4.69, 9.17) is 10.2 Å². The third-order valence-electron chi connectivity index (χ3n) is 4.98. The first-order valence-electron chi connectivity index (χ1n) is 11.1. The van der Waals surface area contributed by atoms with Crippen LogP contribution in [0.3, 0.4) is 0 Å². The van der Waals surface area contributed by atoms with Crippen molar-refractivity contribution in [1.82, 2.24) is 9.97 Å². The van der Waals surface area contributed by atoms with Crippen LogP contribution in [-0.2, 0) is 0 Å². The Morgan fingerprint density at radius 3 is 1.47 bits per heavy atom. The van der Waals surface area contributed by atoms with Gasteiger partial charge in [-0.05, 0) is 52.0 Å². The molecule has 0 atom stereocenters. The fourth-order valence-corrected chi connectivity index (χ4v) is 4.58. The lowest BCUT2D eigenvalue weighted by atomic mass is 10.0. The van der Waals surface area contributed by atoms with Crippen molar-refractivity contribution in [3.8, 4) is 0 Å². The van der Waals surface area contributed by atoms with Gasteiger partial charge in [0, 0.05) is 10.8 Å². The van der Waals surface area contributed by atoms with Gasteiger partial charge in [-0.1, -0.05) is 23.3 Å². The van der Waals surface area contributed by atoms with Crippen molar-refractivity contribution in [3.63, 3.8) is 0 Å². The summed E-state index contributed by atoms with van der Waals surface area (Å²) in [6, 6.07) is 9.33. The van der Waals surface area contributed by atoms with Gasteiger partial charge in [-0.2, -0.15) is 0 Å². The molecule has 4 rings (SSSR count). The molecule has 0 spiro atoms. The molecule has 196 valence electrons. The molecule has 2 aromatic carbocycles. The summed E-state index contributed by atoms with van der Waals surface area (Å²) in [7, 11) is 0. The highest BCUT2D eigenvalue weighted by Crippen LogP contribution is 2.19. The number of aromatic nitrogens is 2. The van der Waals surface area contributed by atoms with E-state index in [0.29, 0.717) is 10.3 Å². The molecule has 2 amide bonds. The number of anilines is 2. The number of amides is 2. The molecule has 0 bridgehead atoms. The van der Waals surface area contributed by atoms with Gasteiger partial charge in [0.15, 0.2) is 10.3 Å². The van der Waals surface area contributed by atoms with E-state index in [1.165, 1.54) is 40.9 Å². The number of carbonyl (C=O) groups is 4. The number of nitrogens with zero attached hydrogens (tertiary/aromatic N) is 2. The summed E-state index contributed by atoms with van der Waals surface area (Å²) in [6.07, 6.45) is 0. The minimum atomic E-state index is -1.12. The van der Waals surface area contributed by atoms with E-state index in [1.807, 2.05) is 24.6 Å². The smallest absolute Gasteiger partial charge is 0.336 e. The van der Waals surface area contributed by atoms with Crippen molar-refractivity contribution in [2.24, 2.45) is 0 Å². The van der Waals surface area contributed by atoms with E-state index in [0.717, 1.165) is 22.5 Å². The first-order valence-corrected chi connectivity index (χ1v) is 12.9. The zero-order valence-electron chi connectivity index (χ0n) is 20.9. The van der Waals surface area contributed by atoms with Crippen molar-refractivity contribution in [3.05, 3.63) is 91.9 Å². The summed E-state index contributed by atoms with van der Waals surface area (Å²) in [6.45, 7) is 7.22. The van der Waals surface area contributed by atoms with E-state index in [1.54, 1.807) is 32.0 Å². The number of hydrogen-bond donors (Lipinski definition) is 4. The highest BCUT2D eigenvalue weighted by Gasteiger charge is 2.18. The molecule has 0 aliphatic rings. The van der Waals surface area contributed by atoms with Gasteiger partial charge in [0.2, 0.25) is 0 Å². The predicted octanol–water partition coefficient (Wildman–Crippen LogP) is 5.42. The van der Waals surface area contributed by atoms with E-state index >= 15 is 0 Å². The maximum absolute atomic E-state index is 12.1. The molecule has 0 radical (unpaired) electrons. The first-order chi connectivity index (χ1) is 17.9. The van der Waals surface area contributed by atoms with Gasteiger partial charge in [0.25, 0.3) is 11.8 Å². The quantitative estimate of drug-likeness (QED) is 0.247. The number of carboxylic acids is 2. The molecule has 12 heteroatoms. The number of nitrogens with one attached hydrogen (secondary N) is 2. The fourth-order valence-electron chi connectivity index (χ4n) is 3.22. The summed E-state index contributed by atoms with van der Waals surface area (Å²) in [5, 5.41) is 27.9. The molecule has 0 unspecified atom stereocenters. The third-order valence-corrected chi connectivity index (χ3v) is 6.73. The Bertz CT molecular complexity index is 1530. The Hall–Kier alpha value is -4.42. The van der Waals surface area contributed by atoms with Gasteiger partial charge in [0.05, 0.1) is 33.6 Å². The Morgan fingerprint density at radius 2 is 1.05 bits per heavy atom. The third kappa shape index (κ3) is 7.31. The minimum Gasteiger partial charge on any atom is -0.478 e. The molecule has 4 aromatic rings. The van der Waals surface area contributed by atoms with Crippen LogP contribution in [0.1, 0.15) is 63.9 Å². The normalized spacial score (nSPS) is 10.2. The molecular formula is C26H24N4O6S2. The van der Waals surface area contributed by atoms with E-state index in [9.17, 15) is 19.2 Å². The topological polar surface area (TPSA) is 159 Å². The van der Waals surface area contributed by atoms with Gasteiger partial charge in [0.1, 0.15) is 0 Å². The molecular weight excluding hydrogens is 528 g/mol. The van der Waals surface area contributed by atoms with Crippen molar-refractivity contribution in [2.45, 2.75) is 27.7 Å². The lowest BCUT2D eigenvalue weighted by Gasteiger charge is -2.06. The first kappa shape index (κ1) is 28.2. The van der Waals surface area contributed by atoms with Gasteiger partial charge in [-0.15, -0.1) is 22.7 Å². The van der Waals surface area contributed by atoms with Gasteiger partial charge >= 0.3 is 11.9 Å². The van der Waals surface area contributed by atoms with Gasteiger partial charge in [-0.3, -0.25) is 20.2 Å². The number of rotatable bonds is 6. The highest BCUT2D eigenvalue weighted by molar-refractivity contribution is 7.14. The van der Waals surface area contributed by atoms with Crippen LogP contribution in [-0.4, -0.2) is 43.9 Å². The van der Waals surface area contributed by atoms with Crippen LogP contribution >= 0.6 is 22.7 Å². The van der Waals surface area contributed by atoms with Crippen LogP contribution in [0.2, 0.25) is 0 Å². The number of thiazole rings is 2. The largest absolute Gasteiger partial charge is 0.478 e. The number of aromatic carboxylic acids is 2. The molecule has 0 aliphatic carbocycles. The van der Waals surface area contributed by atoms with Crippen LogP contribution in [0.4, 0.5) is 10.3 Å². The molecule has 0 aliphatic heterocycles. The Labute approximate surface area is 226 Å². The maximum Gasteiger partial charge on any atom is 0.336 e. The Kier molecular flexibility index (Phi) is 9.05. The molecule has 0 saturated carbocycles. The summed E-state index contributed by atoms with van der Waals surface area (Å²) in [5.74, 6) is -3.17. The SMILES string of the molecule is Cc1ccc(C(=O)Nc2nc(C)cs2)c(C(=O)O)c1.Cc1ccc(C(=O)O)c(C(=O)Nc2nc(C)cs2)c1. The Balaban J connectivity index is 0.000000211. The zero-order valence-corrected chi connectivity index (χ0v) is 22.5. The zero-order chi connectivity index (χ0) is 28.0. The predicted molar refractivity (Wildman–Crippen MR) is 146 cm³/mol. The second kappa shape index (κ2) is 12.2. The summed E-state index contributed by atoms with van der Waals surface area (Å²) < 4.78 is 0. The molecule has 38 heavy (non-hydrogen) atoms. The van der Waals surface area contributed by atoms with Crippen molar-refractivity contribution < 1.29 is 29.4 Å². The van der Waals surface area contributed by atoms with Crippen LogP contribution in [0.15, 0.2) is 47.2 Å². The Morgan fingerprint density at radius 1 is 0.632 bits per heavy atom. The number of carboxylic acid groups (broad SMARTS) is 2. The molecule has 0 fully saturated rings.